The largest absolute Gasteiger partial charge is 0.348 e. The third-order valence-electron chi connectivity index (χ3n) is 5.14. The molecule has 3 nitrogen and oxygen atoms in total. The van der Waals surface area contributed by atoms with Crippen LogP contribution < -0.4 is 5.32 Å². The van der Waals surface area contributed by atoms with E-state index in [4.69, 9.17) is 0 Å². The smallest absolute Gasteiger partial charge is 0.275 e. The van der Waals surface area contributed by atoms with E-state index in [2.05, 4.69) is 26.2 Å². The number of amides is 1. The first-order valence-corrected chi connectivity index (χ1v) is 7.19. The van der Waals surface area contributed by atoms with Crippen molar-refractivity contribution >= 4 is 5.91 Å². The molecular weight excluding hydrogens is 212 g/mol. The quantitative estimate of drug-likeness (QED) is 0.728. The fourth-order valence-corrected chi connectivity index (χ4v) is 3.47. The van der Waals surface area contributed by atoms with Crippen molar-refractivity contribution in [1.29, 1.82) is 0 Å². The fourth-order valence-electron chi connectivity index (χ4n) is 3.47. The molecule has 0 aromatic rings. The summed E-state index contributed by atoms with van der Waals surface area (Å²) in [6.07, 6.45) is 5.33. The second-order valence-corrected chi connectivity index (χ2v) is 6.26. The molecule has 1 amide bonds. The molecule has 3 atom stereocenters. The van der Waals surface area contributed by atoms with Gasteiger partial charge in [0.1, 0.15) is 0 Å². The van der Waals surface area contributed by atoms with E-state index in [1.807, 2.05) is 0 Å². The third-order valence-corrected chi connectivity index (χ3v) is 5.14. The van der Waals surface area contributed by atoms with Crippen molar-refractivity contribution in [3.8, 4) is 0 Å². The number of rotatable bonds is 5. The Kier molecular flexibility index (Phi) is 3.76. The Hall–Kier alpha value is -0.570. The SMILES string of the molecule is CC[N+](C)(CC)CC(=O)NC1CC2CCC1C2. The standard InChI is InChI=1S/C14H26N2O/c1-4-16(3,5-2)10-14(17)15-13-9-11-6-7-12(13)8-11/h11-13H,4-10H2,1-3H3/p+1. The summed E-state index contributed by atoms with van der Waals surface area (Å²) in [5.41, 5.74) is 0. The molecule has 0 aromatic heterocycles. The van der Waals surface area contributed by atoms with Gasteiger partial charge in [-0.2, -0.15) is 0 Å². The van der Waals surface area contributed by atoms with E-state index in [0.29, 0.717) is 12.6 Å². The zero-order valence-corrected chi connectivity index (χ0v) is 11.5. The zero-order valence-electron chi connectivity index (χ0n) is 11.5. The number of nitrogens with one attached hydrogen (secondary N) is 1. The van der Waals surface area contributed by atoms with Gasteiger partial charge in [-0.15, -0.1) is 0 Å². The second kappa shape index (κ2) is 4.97. The lowest BCUT2D eigenvalue weighted by Gasteiger charge is -2.32. The van der Waals surface area contributed by atoms with Gasteiger partial charge in [0, 0.05) is 6.04 Å². The lowest BCUT2D eigenvalue weighted by molar-refractivity contribution is -0.898. The average molecular weight is 239 g/mol. The van der Waals surface area contributed by atoms with Crippen LogP contribution >= 0.6 is 0 Å². The Balaban J connectivity index is 1.81. The highest BCUT2D eigenvalue weighted by molar-refractivity contribution is 5.77. The number of carbonyl (C=O) groups is 1. The number of quaternary nitrogens is 1. The molecule has 2 aliphatic rings. The lowest BCUT2D eigenvalue weighted by atomic mass is 9.95. The molecular formula is C14H27N2O+. The summed E-state index contributed by atoms with van der Waals surface area (Å²) in [5.74, 6) is 1.95. The zero-order chi connectivity index (χ0) is 12.5. The van der Waals surface area contributed by atoms with E-state index in [1.54, 1.807) is 0 Å². The molecule has 0 aliphatic heterocycles. The highest BCUT2D eigenvalue weighted by Crippen LogP contribution is 2.44. The van der Waals surface area contributed by atoms with Crippen molar-refractivity contribution in [3.05, 3.63) is 0 Å². The Labute approximate surface area is 105 Å². The summed E-state index contributed by atoms with van der Waals surface area (Å²) in [6.45, 7) is 7.02. The molecule has 98 valence electrons. The molecule has 3 heteroatoms. The van der Waals surface area contributed by atoms with E-state index < -0.39 is 0 Å². The number of nitrogens with zero attached hydrogens (tertiary/aromatic N) is 1. The number of fused-ring (bicyclic) bond motifs is 2. The van der Waals surface area contributed by atoms with Crippen LogP contribution in [-0.2, 0) is 4.79 Å². The Morgan fingerprint density at radius 3 is 2.41 bits per heavy atom. The highest BCUT2D eigenvalue weighted by atomic mass is 16.2. The van der Waals surface area contributed by atoms with Crippen molar-refractivity contribution < 1.29 is 9.28 Å². The van der Waals surface area contributed by atoms with Crippen LogP contribution in [0.15, 0.2) is 0 Å². The van der Waals surface area contributed by atoms with Gasteiger partial charge in [-0.3, -0.25) is 4.79 Å². The molecule has 2 fully saturated rings. The van der Waals surface area contributed by atoms with Crippen molar-refractivity contribution in [2.75, 3.05) is 26.7 Å². The van der Waals surface area contributed by atoms with Crippen LogP contribution in [0.5, 0.6) is 0 Å². The summed E-state index contributed by atoms with van der Waals surface area (Å²) in [7, 11) is 2.17. The van der Waals surface area contributed by atoms with Crippen LogP contribution in [0.4, 0.5) is 0 Å². The molecule has 3 unspecified atom stereocenters. The van der Waals surface area contributed by atoms with Gasteiger partial charge >= 0.3 is 0 Å². The lowest BCUT2D eigenvalue weighted by Crippen LogP contribution is -2.52. The van der Waals surface area contributed by atoms with E-state index in [-0.39, 0.29) is 5.91 Å². The van der Waals surface area contributed by atoms with Crippen molar-refractivity contribution in [2.45, 2.75) is 45.6 Å². The van der Waals surface area contributed by atoms with E-state index in [0.717, 1.165) is 29.4 Å². The fraction of sp³-hybridized carbons (Fsp3) is 0.929. The Morgan fingerprint density at radius 2 is 1.94 bits per heavy atom. The topological polar surface area (TPSA) is 29.1 Å². The average Bonchev–Trinajstić information content (AvgIpc) is 2.90. The maximum Gasteiger partial charge on any atom is 0.275 e. The predicted molar refractivity (Wildman–Crippen MR) is 69.5 cm³/mol. The Bertz CT molecular complexity index is 286. The highest BCUT2D eigenvalue weighted by Gasteiger charge is 2.40. The van der Waals surface area contributed by atoms with Crippen LogP contribution in [-0.4, -0.2) is 43.1 Å². The number of hydrogen-bond donors (Lipinski definition) is 1. The molecule has 2 saturated carbocycles. The summed E-state index contributed by atoms with van der Waals surface area (Å²) in [6, 6.07) is 0.489. The van der Waals surface area contributed by atoms with Crippen molar-refractivity contribution in [2.24, 2.45) is 11.8 Å². The van der Waals surface area contributed by atoms with Gasteiger partial charge in [-0.25, -0.2) is 0 Å². The van der Waals surface area contributed by atoms with Crippen LogP contribution in [0.25, 0.3) is 0 Å². The van der Waals surface area contributed by atoms with E-state index in [1.165, 1.54) is 25.7 Å². The molecule has 2 bridgehead atoms. The second-order valence-electron chi connectivity index (χ2n) is 6.26. The molecule has 0 saturated heterocycles. The molecule has 0 aromatic carbocycles. The molecule has 17 heavy (non-hydrogen) atoms. The molecule has 0 spiro atoms. The minimum Gasteiger partial charge on any atom is -0.348 e. The molecule has 0 heterocycles. The van der Waals surface area contributed by atoms with E-state index >= 15 is 0 Å². The first-order valence-electron chi connectivity index (χ1n) is 7.19. The van der Waals surface area contributed by atoms with Gasteiger partial charge in [0.15, 0.2) is 6.54 Å². The normalized spacial score (nSPS) is 31.8. The van der Waals surface area contributed by atoms with Gasteiger partial charge in [0.25, 0.3) is 5.91 Å². The number of hydrogen-bond acceptors (Lipinski definition) is 1. The van der Waals surface area contributed by atoms with Gasteiger partial charge in [0.05, 0.1) is 20.1 Å². The molecule has 0 radical (unpaired) electrons. The first-order chi connectivity index (χ1) is 8.06. The van der Waals surface area contributed by atoms with Gasteiger partial charge in [0.2, 0.25) is 0 Å². The third kappa shape index (κ3) is 2.82. The Morgan fingerprint density at radius 1 is 1.24 bits per heavy atom. The van der Waals surface area contributed by atoms with Gasteiger partial charge < -0.3 is 9.80 Å². The van der Waals surface area contributed by atoms with E-state index in [9.17, 15) is 4.79 Å². The summed E-state index contributed by atoms with van der Waals surface area (Å²) in [5, 5.41) is 3.28. The predicted octanol–water partition coefficient (Wildman–Crippen LogP) is 1.78. The number of likely N-dealkylation sites (N-methyl/N-ethyl adjacent to an activating group) is 1. The van der Waals surface area contributed by atoms with Gasteiger partial charge in [-0.1, -0.05) is 6.42 Å². The van der Waals surface area contributed by atoms with Crippen LogP contribution in [0, 0.1) is 11.8 Å². The van der Waals surface area contributed by atoms with Gasteiger partial charge in [-0.05, 0) is 44.9 Å². The summed E-state index contributed by atoms with van der Waals surface area (Å²) < 4.78 is 0.854. The maximum absolute atomic E-state index is 12.1. The minimum atomic E-state index is 0.258. The molecule has 2 rings (SSSR count). The first kappa shape index (κ1) is 12.9. The van der Waals surface area contributed by atoms with Crippen molar-refractivity contribution in [3.63, 3.8) is 0 Å². The molecule has 1 N–H and O–H groups in total. The number of carbonyl (C=O) groups excluding carboxylic acids is 1. The monoisotopic (exact) mass is 239 g/mol. The van der Waals surface area contributed by atoms with Crippen LogP contribution in [0.1, 0.15) is 39.5 Å². The maximum atomic E-state index is 12.1. The molecule has 2 aliphatic carbocycles. The minimum absolute atomic E-state index is 0.258. The van der Waals surface area contributed by atoms with Crippen molar-refractivity contribution in [1.82, 2.24) is 5.32 Å². The summed E-state index contributed by atoms with van der Waals surface area (Å²) >= 11 is 0. The van der Waals surface area contributed by atoms with Crippen LogP contribution in [0.3, 0.4) is 0 Å². The van der Waals surface area contributed by atoms with Crippen LogP contribution in [0.2, 0.25) is 0 Å². The summed E-state index contributed by atoms with van der Waals surface area (Å²) in [4.78, 5) is 12.1.